The van der Waals surface area contributed by atoms with Crippen LogP contribution in [0.5, 0.6) is 0 Å². The second-order valence-corrected chi connectivity index (χ2v) is 21.7. The van der Waals surface area contributed by atoms with E-state index in [9.17, 15) is 63.6 Å². The van der Waals surface area contributed by atoms with Gasteiger partial charge in [-0.3, -0.25) is 28.0 Å². The largest absolute Gasteiger partial charge is 0.481 e. The van der Waals surface area contributed by atoms with E-state index in [1.54, 1.807) is 0 Å². The number of anilines is 1. The fraction of sp³-hybridized carbons (Fsp3) is 0.771. The fourth-order valence-corrected chi connectivity index (χ4v) is 10.5. The van der Waals surface area contributed by atoms with Gasteiger partial charge in [-0.2, -0.15) is 9.29 Å². The first-order valence-electron chi connectivity index (χ1n) is 25.5. The molecule has 2 fully saturated rings. The molecule has 9 N–H and O–H groups in total. The van der Waals surface area contributed by atoms with Gasteiger partial charge in [-0.1, -0.05) is 95.9 Å². The van der Waals surface area contributed by atoms with Gasteiger partial charge < -0.3 is 55.3 Å². The molecule has 2 bridgehead atoms. The summed E-state index contributed by atoms with van der Waals surface area (Å²) in [6.07, 6.45) is 6.28. The zero-order chi connectivity index (χ0) is 53.1. The van der Waals surface area contributed by atoms with Gasteiger partial charge in [0, 0.05) is 50.1 Å². The van der Waals surface area contributed by atoms with Crippen molar-refractivity contribution in [2.75, 3.05) is 25.6 Å². The number of aromatic nitrogens is 2. The van der Waals surface area contributed by atoms with E-state index in [4.69, 9.17) is 29.0 Å². The summed E-state index contributed by atoms with van der Waals surface area (Å²) in [5, 5.41) is 57.4. The van der Waals surface area contributed by atoms with Crippen molar-refractivity contribution in [1.29, 1.82) is 0 Å². The van der Waals surface area contributed by atoms with E-state index >= 15 is 0 Å². The molecule has 3 heterocycles. The molecule has 2 aliphatic rings. The molecule has 2 unspecified atom stereocenters. The highest BCUT2D eigenvalue weighted by molar-refractivity contribution is 7.61. The van der Waals surface area contributed by atoms with Crippen molar-refractivity contribution < 1.29 is 86.4 Å². The number of phosphoric ester groups is 2. The van der Waals surface area contributed by atoms with Gasteiger partial charge in [-0.05, 0) is 57.4 Å². The Bertz CT molecular complexity index is 1990. The van der Waals surface area contributed by atoms with Gasteiger partial charge in [0.25, 0.3) is 0 Å². The number of carbonyl (C=O) groups excluding carboxylic acids is 3. The maximum atomic E-state index is 13.7. The molecule has 0 aliphatic carbocycles. The molecule has 1 aromatic heterocycles. The molecule has 72 heavy (non-hydrogen) atoms. The number of allylic oxidation sites excluding steroid dienone is 2. The van der Waals surface area contributed by atoms with Crippen LogP contribution < -0.4 is 11.4 Å². The monoisotopic (exact) mass is 1070 g/mol. The molecule has 0 saturated carbocycles. The van der Waals surface area contributed by atoms with Crippen molar-refractivity contribution in [3.8, 4) is 0 Å². The summed E-state index contributed by atoms with van der Waals surface area (Å²) in [6, 6.07) is 1.18. The molecule has 1 aromatic rings. The van der Waals surface area contributed by atoms with Gasteiger partial charge in [0.1, 0.15) is 36.6 Å². The number of aliphatic hydroxyl groups excluding tert-OH is 5. The van der Waals surface area contributed by atoms with Crippen molar-refractivity contribution in [2.45, 2.75) is 204 Å². The Morgan fingerprint density at radius 2 is 1.47 bits per heavy atom. The van der Waals surface area contributed by atoms with Crippen LogP contribution >= 0.6 is 15.6 Å². The van der Waals surface area contributed by atoms with Crippen LogP contribution in [-0.2, 0) is 51.1 Å². The number of hydrogen-bond donors (Lipinski definition) is 8. The number of carbonyl (C=O) groups is 3. The summed E-state index contributed by atoms with van der Waals surface area (Å²) < 4.78 is 58.7. The molecule has 0 amide bonds. The third kappa shape index (κ3) is 24.4. The number of nitrogens with two attached hydrogens (primary N) is 1. The van der Waals surface area contributed by atoms with Crippen LogP contribution in [-0.4, -0.2) is 125 Å². The predicted molar refractivity (Wildman–Crippen MR) is 264 cm³/mol. The fourth-order valence-electron chi connectivity index (χ4n) is 8.35. The van der Waals surface area contributed by atoms with E-state index in [2.05, 4.69) is 28.4 Å². The number of hydrogen-bond acceptors (Lipinski definition) is 19. The van der Waals surface area contributed by atoms with Crippen LogP contribution in [0.2, 0.25) is 0 Å². The minimum atomic E-state index is -5.76. The number of aliphatic hydroxyl groups is 5. The molecule has 22 nitrogen and oxygen atoms in total. The third-order valence-corrected chi connectivity index (χ3v) is 15.1. The van der Waals surface area contributed by atoms with Crippen molar-refractivity contribution >= 4 is 39.2 Å². The van der Waals surface area contributed by atoms with Crippen LogP contribution in [0.4, 0.5) is 5.82 Å². The molecule has 12 atom stereocenters. The minimum Gasteiger partial charge on any atom is -0.462 e. The van der Waals surface area contributed by atoms with Crippen molar-refractivity contribution in [2.24, 2.45) is 11.8 Å². The smallest absolute Gasteiger partial charge is 0.462 e. The maximum Gasteiger partial charge on any atom is 0.481 e. The van der Waals surface area contributed by atoms with Crippen molar-refractivity contribution in [3.05, 3.63) is 47.1 Å². The number of esters is 2. The normalized spacial score (nSPS) is 30.7. The van der Waals surface area contributed by atoms with E-state index in [1.807, 2.05) is 6.92 Å². The summed E-state index contributed by atoms with van der Waals surface area (Å²) >= 11 is 0. The standard InChI is InChI=1S/C48H81N3O19P2/c1-3-5-7-8-9-10-11-12-13-14-15-16-18-24-44(57)68-36-31-65-43(56)23-20-19-22-35(53)29-38-40(55)30-39(54)37(26-25-34(52)21-17-6-4-2)45(58)46(59)41(33-67-72(63,64)70-71(61,62)66-32-36)69-47(38)51-28-27-42(49)50-48(51)60/h10-11,25-28,34,36-41,45-47,52,54-55,58-59H,3-9,12-24,29-33H2,1-2H3,(H,61,62)(H,63,64)(H2,49,50,60)/b11-10-,26-25+/t34-,36+,37-,38-,39+,40-,41+,45-,46+,47+/m0/s1. The summed E-state index contributed by atoms with van der Waals surface area (Å²) in [7, 11) is -11.4. The van der Waals surface area contributed by atoms with Gasteiger partial charge >= 0.3 is 33.3 Å². The van der Waals surface area contributed by atoms with Crippen LogP contribution in [0.1, 0.15) is 161 Å². The number of ketones is 1. The molecule has 0 spiro atoms. The molecule has 0 radical (unpaired) electrons. The first-order valence-corrected chi connectivity index (χ1v) is 28.5. The van der Waals surface area contributed by atoms with E-state index in [0.29, 0.717) is 19.3 Å². The quantitative estimate of drug-likeness (QED) is 0.0313. The average molecular weight is 1070 g/mol. The van der Waals surface area contributed by atoms with E-state index < -0.39 is 133 Å². The Hall–Kier alpha value is -3.21. The van der Waals surface area contributed by atoms with Crippen molar-refractivity contribution in [1.82, 2.24) is 9.55 Å². The second kappa shape index (κ2) is 33.7. The summed E-state index contributed by atoms with van der Waals surface area (Å²) in [6.45, 7) is 1.27. The molecule has 2 saturated heterocycles. The maximum absolute atomic E-state index is 13.7. The van der Waals surface area contributed by atoms with E-state index in [-0.39, 0.29) is 37.9 Å². The van der Waals surface area contributed by atoms with Crippen molar-refractivity contribution in [3.63, 3.8) is 0 Å². The number of cyclic esters (lactones) is 1. The first kappa shape index (κ1) is 63.1. The number of phosphoric acid groups is 2. The van der Waals surface area contributed by atoms with E-state index in [0.717, 1.165) is 62.1 Å². The molecular formula is C48H81N3O19P2. The van der Waals surface area contributed by atoms with Crippen LogP contribution in [0.15, 0.2) is 41.4 Å². The zero-order valence-electron chi connectivity index (χ0n) is 41.8. The van der Waals surface area contributed by atoms with E-state index in [1.165, 1.54) is 43.9 Å². The van der Waals surface area contributed by atoms with Crippen LogP contribution in [0.3, 0.4) is 0 Å². The molecule has 24 heteroatoms. The van der Waals surface area contributed by atoms with Gasteiger partial charge in [0.15, 0.2) is 6.10 Å². The lowest BCUT2D eigenvalue weighted by molar-refractivity contribution is -0.196. The summed E-state index contributed by atoms with van der Waals surface area (Å²) in [4.78, 5) is 77.8. The highest BCUT2D eigenvalue weighted by Gasteiger charge is 2.45. The number of nitrogens with zero attached hydrogens (tertiary/aromatic N) is 2. The molecule has 0 aromatic carbocycles. The minimum absolute atomic E-state index is 0.0356. The first-order chi connectivity index (χ1) is 34.3. The highest BCUT2D eigenvalue weighted by atomic mass is 31.3. The average Bonchev–Trinajstić information content (AvgIpc) is 3.31. The van der Waals surface area contributed by atoms with Gasteiger partial charge in [-0.25, -0.2) is 13.9 Å². The Morgan fingerprint density at radius 3 is 2.15 bits per heavy atom. The second-order valence-electron chi connectivity index (χ2n) is 18.6. The number of rotatable bonds is 21. The SMILES string of the molecule is CCCCCC/C=C\CCCCCCCC(=O)O[C@@H]1COC(=O)CCCCC(=O)C[C@@H]2[C@H](n3ccc(N)nc3=O)O[C@H](COP(=O)(O)OP(=O)(O)OC1)[C@@H](O)[C@@H](O)[C@@H](/C=C/[C@@H](O)CCCCC)[C@H](O)C[C@@H]2O. The third-order valence-electron chi connectivity index (χ3n) is 12.5. The number of Topliss-reactive ketones (excluding diaryl/α,β-unsaturated/α-hetero) is 1. The van der Waals surface area contributed by atoms with Crippen LogP contribution in [0, 0.1) is 11.8 Å². The number of fused-ring (bicyclic) bond motifs is 3. The van der Waals surface area contributed by atoms with Gasteiger partial charge in [-0.15, -0.1) is 0 Å². The number of unbranched alkanes of at least 4 members (excludes halogenated alkanes) is 11. The Kier molecular flexibility index (Phi) is 29.5. The predicted octanol–water partition coefficient (Wildman–Crippen LogP) is 5.78. The topological polar surface area (TPSA) is 343 Å². The lowest BCUT2D eigenvalue weighted by Gasteiger charge is -2.40. The molecule has 2 aliphatic heterocycles. The molecule has 3 rings (SSSR count). The summed E-state index contributed by atoms with van der Waals surface area (Å²) in [5.74, 6) is -5.20. The zero-order valence-corrected chi connectivity index (χ0v) is 43.6. The summed E-state index contributed by atoms with van der Waals surface area (Å²) in [5.41, 5.74) is 4.66. The lowest BCUT2D eigenvalue weighted by Crippen LogP contribution is -2.52. The molecular weight excluding hydrogens is 984 g/mol. The highest BCUT2D eigenvalue weighted by Crippen LogP contribution is 2.60. The Morgan fingerprint density at radius 1 is 0.847 bits per heavy atom. The molecule has 412 valence electrons. The van der Waals surface area contributed by atoms with Crippen LogP contribution in [0.25, 0.3) is 0 Å². The Balaban J connectivity index is 1.87. The lowest BCUT2D eigenvalue weighted by atomic mass is 9.82. The van der Waals surface area contributed by atoms with Gasteiger partial charge in [0.05, 0.1) is 37.6 Å². The Labute approximate surface area is 422 Å². The number of nitrogen functional groups attached to an aromatic ring is 1. The van der Waals surface area contributed by atoms with Gasteiger partial charge in [0.2, 0.25) is 0 Å². The number of ether oxygens (including phenoxy) is 3.